The molecule has 152 valence electrons. The van der Waals surface area contributed by atoms with Crippen LogP contribution in [-0.4, -0.2) is 49.0 Å². The number of nitrogens with zero attached hydrogens (tertiary/aromatic N) is 2. The molecule has 6 nitrogen and oxygen atoms in total. The van der Waals surface area contributed by atoms with Crippen LogP contribution in [0.2, 0.25) is 0 Å². The van der Waals surface area contributed by atoms with Gasteiger partial charge in [-0.1, -0.05) is 26.0 Å². The first kappa shape index (κ1) is 23.5. The molecule has 1 amide bonds. The molecule has 0 saturated carbocycles. The second-order valence-corrected chi connectivity index (χ2v) is 7.31. The number of amides is 1. The number of rotatable bonds is 6. The van der Waals surface area contributed by atoms with Crippen LogP contribution in [0.15, 0.2) is 29.3 Å². The molecule has 0 bridgehead atoms. The van der Waals surface area contributed by atoms with Gasteiger partial charge in [-0.3, -0.25) is 9.79 Å². The van der Waals surface area contributed by atoms with Crippen molar-refractivity contribution in [2.24, 2.45) is 10.9 Å². The van der Waals surface area contributed by atoms with E-state index < -0.39 is 0 Å². The number of ether oxygens (including phenoxy) is 1. The minimum Gasteiger partial charge on any atom is -0.491 e. The summed E-state index contributed by atoms with van der Waals surface area (Å²) in [4.78, 5) is 18.3. The van der Waals surface area contributed by atoms with Crippen molar-refractivity contribution < 1.29 is 9.53 Å². The molecule has 27 heavy (non-hydrogen) atoms. The van der Waals surface area contributed by atoms with Gasteiger partial charge in [-0.2, -0.15) is 0 Å². The third-order valence-corrected chi connectivity index (χ3v) is 4.31. The summed E-state index contributed by atoms with van der Waals surface area (Å²) >= 11 is 0. The van der Waals surface area contributed by atoms with Gasteiger partial charge < -0.3 is 20.3 Å². The number of guanidine groups is 1. The summed E-state index contributed by atoms with van der Waals surface area (Å²) in [5.41, 5.74) is 1.16. The van der Waals surface area contributed by atoms with Crippen molar-refractivity contribution in [1.82, 2.24) is 15.5 Å². The average molecular weight is 488 g/mol. The Balaban J connectivity index is 0.00000364. The Morgan fingerprint density at radius 3 is 2.48 bits per heavy atom. The minimum absolute atomic E-state index is 0. The van der Waals surface area contributed by atoms with Gasteiger partial charge in [0.2, 0.25) is 5.91 Å². The van der Waals surface area contributed by atoms with Crippen molar-refractivity contribution in [1.29, 1.82) is 0 Å². The Bertz CT molecular complexity index is 617. The number of hydrogen-bond donors (Lipinski definition) is 2. The summed E-state index contributed by atoms with van der Waals surface area (Å²) in [6, 6.07) is 8.32. The molecule has 0 aromatic heterocycles. The normalized spacial score (nSPS) is 17.1. The van der Waals surface area contributed by atoms with Gasteiger partial charge in [0.25, 0.3) is 0 Å². The van der Waals surface area contributed by atoms with Crippen LogP contribution >= 0.6 is 24.0 Å². The summed E-state index contributed by atoms with van der Waals surface area (Å²) in [6.45, 7) is 10.2. The molecule has 1 fully saturated rings. The third kappa shape index (κ3) is 7.56. The molecule has 0 radical (unpaired) electrons. The van der Waals surface area contributed by atoms with Crippen LogP contribution in [0.25, 0.3) is 0 Å². The molecule has 1 aliphatic rings. The maximum absolute atomic E-state index is 12.1. The number of benzene rings is 1. The van der Waals surface area contributed by atoms with E-state index >= 15 is 0 Å². The molecule has 1 aliphatic heterocycles. The zero-order valence-corrected chi connectivity index (χ0v) is 19.3. The highest BCUT2D eigenvalue weighted by Crippen LogP contribution is 2.14. The molecular weight excluding hydrogens is 455 g/mol. The number of halogens is 1. The molecule has 1 aromatic carbocycles. The van der Waals surface area contributed by atoms with Gasteiger partial charge in [-0.15, -0.1) is 24.0 Å². The number of aliphatic imine (C=N–C) groups is 1. The van der Waals surface area contributed by atoms with Crippen LogP contribution in [-0.2, 0) is 11.3 Å². The third-order valence-electron chi connectivity index (χ3n) is 4.31. The van der Waals surface area contributed by atoms with Gasteiger partial charge in [0.15, 0.2) is 5.96 Å². The fraction of sp³-hybridized carbons (Fsp3) is 0.600. The lowest BCUT2D eigenvalue weighted by atomic mass is 10.2. The van der Waals surface area contributed by atoms with Crippen LogP contribution in [0.4, 0.5) is 0 Å². The van der Waals surface area contributed by atoms with E-state index in [1.54, 1.807) is 7.05 Å². The highest BCUT2D eigenvalue weighted by atomic mass is 127. The van der Waals surface area contributed by atoms with E-state index in [1.807, 2.05) is 44.7 Å². The maximum atomic E-state index is 12.1. The second kappa shape index (κ2) is 11.4. The lowest BCUT2D eigenvalue weighted by Gasteiger charge is -2.20. The molecule has 1 unspecified atom stereocenters. The van der Waals surface area contributed by atoms with Gasteiger partial charge in [-0.25, -0.2) is 0 Å². The van der Waals surface area contributed by atoms with Crippen LogP contribution in [0, 0.1) is 5.92 Å². The van der Waals surface area contributed by atoms with E-state index in [0.29, 0.717) is 6.54 Å². The Morgan fingerprint density at radius 2 is 1.93 bits per heavy atom. The Labute approximate surface area is 180 Å². The SMILES string of the molecule is CN=C(NCc1ccc(OC(C)C)cc1)NC1CCN(C(=O)C(C)C)C1.I. The smallest absolute Gasteiger partial charge is 0.225 e. The standard InChI is InChI=1S/C20H32N4O2.HI/c1-14(2)19(25)24-11-10-17(13-24)23-20(21-5)22-12-16-6-8-18(9-7-16)26-15(3)4;/h6-9,14-15,17H,10-13H2,1-5H3,(H2,21,22,23);1H. The second-order valence-electron chi connectivity index (χ2n) is 7.31. The maximum Gasteiger partial charge on any atom is 0.225 e. The van der Waals surface area contributed by atoms with Crippen LogP contribution in [0.3, 0.4) is 0 Å². The predicted octanol–water partition coefficient (Wildman–Crippen LogP) is 3.01. The predicted molar refractivity (Wildman–Crippen MR) is 121 cm³/mol. The van der Waals surface area contributed by atoms with Gasteiger partial charge in [0, 0.05) is 38.6 Å². The van der Waals surface area contributed by atoms with E-state index in [-0.39, 0.29) is 47.9 Å². The molecule has 2 N–H and O–H groups in total. The van der Waals surface area contributed by atoms with Crippen molar-refractivity contribution in [3.63, 3.8) is 0 Å². The zero-order chi connectivity index (χ0) is 19.1. The summed E-state index contributed by atoms with van der Waals surface area (Å²) in [5.74, 6) is 1.92. The molecule has 1 heterocycles. The van der Waals surface area contributed by atoms with Gasteiger partial charge in [0.1, 0.15) is 5.75 Å². The summed E-state index contributed by atoms with van der Waals surface area (Å²) in [6.07, 6.45) is 1.12. The fourth-order valence-electron chi connectivity index (χ4n) is 2.98. The van der Waals surface area contributed by atoms with Gasteiger partial charge in [-0.05, 0) is 38.0 Å². The van der Waals surface area contributed by atoms with Crippen molar-refractivity contribution >= 4 is 35.8 Å². The van der Waals surface area contributed by atoms with Gasteiger partial charge in [0.05, 0.1) is 6.10 Å². The number of nitrogens with one attached hydrogen (secondary N) is 2. The molecule has 0 aliphatic carbocycles. The molecule has 2 rings (SSSR count). The largest absolute Gasteiger partial charge is 0.491 e. The summed E-state index contributed by atoms with van der Waals surface area (Å²) in [5, 5.41) is 6.75. The highest BCUT2D eigenvalue weighted by molar-refractivity contribution is 14.0. The van der Waals surface area contributed by atoms with Crippen LogP contribution in [0.5, 0.6) is 5.75 Å². The van der Waals surface area contributed by atoms with E-state index in [9.17, 15) is 4.79 Å². The Morgan fingerprint density at radius 1 is 1.26 bits per heavy atom. The molecule has 1 atom stereocenters. The van der Waals surface area contributed by atoms with Crippen molar-refractivity contribution in [3.05, 3.63) is 29.8 Å². The van der Waals surface area contributed by atoms with E-state index in [0.717, 1.165) is 36.8 Å². The van der Waals surface area contributed by atoms with Crippen LogP contribution in [0.1, 0.15) is 39.7 Å². The quantitative estimate of drug-likeness (QED) is 0.367. The first-order chi connectivity index (χ1) is 12.4. The van der Waals surface area contributed by atoms with E-state index in [1.165, 1.54) is 0 Å². The first-order valence-electron chi connectivity index (χ1n) is 9.40. The molecule has 1 saturated heterocycles. The van der Waals surface area contributed by atoms with Crippen LogP contribution < -0.4 is 15.4 Å². The van der Waals surface area contributed by atoms with Crippen molar-refractivity contribution in [3.8, 4) is 5.75 Å². The van der Waals surface area contributed by atoms with Gasteiger partial charge >= 0.3 is 0 Å². The summed E-state index contributed by atoms with van der Waals surface area (Å²) in [7, 11) is 1.76. The zero-order valence-electron chi connectivity index (χ0n) is 17.0. The number of carbonyl (C=O) groups is 1. The van der Waals surface area contributed by atoms with Crippen molar-refractivity contribution in [2.45, 2.75) is 52.8 Å². The number of carbonyl (C=O) groups excluding carboxylic acids is 1. The van der Waals surface area contributed by atoms with E-state index in [4.69, 9.17) is 4.74 Å². The fourth-order valence-corrected chi connectivity index (χ4v) is 2.98. The van der Waals surface area contributed by atoms with Crippen molar-refractivity contribution in [2.75, 3.05) is 20.1 Å². The Hall–Kier alpha value is -1.51. The summed E-state index contributed by atoms with van der Waals surface area (Å²) < 4.78 is 5.66. The monoisotopic (exact) mass is 488 g/mol. The number of hydrogen-bond acceptors (Lipinski definition) is 3. The average Bonchev–Trinajstić information content (AvgIpc) is 3.07. The first-order valence-corrected chi connectivity index (χ1v) is 9.40. The minimum atomic E-state index is 0. The number of likely N-dealkylation sites (tertiary alicyclic amines) is 1. The molecule has 1 aromatic rings. The molecule has 0 spiro atoms. The topological polar surface area (TPSA) is 66.0 Å². The van der Waals surface area contributed by atoms with E-state index in [2.05, 4.69) is 27.8 Å². The molecular formula is C20H33IN4O2. The molecule has 7 heteroatoms. The Kier molecular flexibility index (Phi) is 9.90. The lowest BCUT2D eigenvalue weighted by Crippen LogP contribution is -2.45. The lowest BCUT2D eigenvalue weighted by molar-refractivity contribution is -0.133. The highest BCUT2D eigenvalue weighted by Gasteiger charge is 2.27.